The highest BCUT2D eigenvalue weighted by Crippen LogP contribution is 2.27. The predicted molar refractivity (Wildman–Crippen MR) is 81.5 cm³/mol. The number of benzene rings is 2. The van der Waals surface area contributed by atoms with Crippen molar-refractivity contribution in [3.8, 4) is 11.4 Å². The zero-order chi connectivity index (χ0) is 14.3. The van der Waals surface area contributed by atoms with Gasteiger partial charge in [0.2, 0.25) is 0 Å². The number of hydrogen-bond acceptors (Lipinski definition) is 3. The summed E-state index contributed by atoms with van der Waals surface area (Å²) < 4.78 is 7.20. The maximum atomic E-state index is 6.12. The standard InChI is InChI=1S/C16H17N3O/c1-10-6-14-16(7-11(10)2)19(9-18-14)15-5-4-12(20-3)8-13(15)17/h4-9H,17H2,1-3H3. The van der Waals surface area contributed by atoms with Gasteiger partial charge >= 0.3 is 0 Å². The van der Waals surface area contributed by atoms with E-state index < -0.39 is 0 Å². The minimum absolute atomic E-state index is 0.668. The number of ether oxygens (including phenoxy) is 1. The molecular formula is C16H17N3O. The number of nitrogens with two attached hydrogens (primary N) is 1. The fraction of sp³-hybridized carbons (Fsp3) is 0.188. The molecule has 0 aliphatic heterocycles. The summed E-state index contributed by atoms with van der Waals surface area (Å²) in [5, 5.41) is 0. The van der Waals surface area contributed by atoms with Crippen LogP contribution in [0.1, 0.15) is 11.1 Å². The van der Waals surface area contributed by atoms with Gasteiger partial charge < -0.3 is 10.5 Å². The van der Waals surface area contributed by atoms with Crippen LogP contribution in [0.25, 0.3) is 16.7 Å². The van der Waals surface area contributed by atoms with Gasteiger partial charge in [0.15, 0.2) is 0 Å². The lowest BCUT2D eigenvalue weighted by molar-refractivity contribution is 0.415. The van der Waals surface area contributed by atoms with Gasteiger partial charge in [-0.3, -0.25) is 4.57 Å². The second-order valence-corrected chi connectivity index (χ2v) is 4.96. The average Bonchev–Trinajstić information content (AvgIpc) is 2.82. The molecular weight excluding hydrogens is 250 g/mol. The fourth-order valence-corrected chi connectivity index (χ4v) is 2.34. The summed E-state index contributed by atoms with van der Waals surface area (Å²) in [7, 11) is 1.63. The maximum absolute atomic E-state index is 6.12. The van der Waals surface area contributed by atoms with Crippen LogP contribution in [-0.4, -0.2) is 16.7 Å². The van der Waals surface area contributed by atoms with Crippen LogP contribution in [0.4, 0.5) is 5.69 Å². The highest BCUT2D eigenvalue weighted by Gasteiger charge is 2.09. The summed E-state index contributed by atoms with van der Waals surface area (Å²) in [6.45, 7) is 4.19. The van der Waals surface area contributed by atoms with Crippen LogP contribution in [0.5, 0.6) is 5.75 Å². The van der Waals surface area contributed by atoms with E-state index in [2.05, 4.69) is 31.0 Å². The van der Waals surface area contributed by atoms with Gasteiger partial charge in [-0.1, -0.05) is 0 Å². The number of anilines is 1. The Hall–Kier alpha value is -2.49. The number of fused-ring (bicyclic) bond motifs is 1. The highest BCUT2D eigenvalue weighted by atomic mass is 16.5. The van der Waals surface area contributed by atoms with Crippen molar-refractivity contribution in [3.63, 3.8) is 0 Å². The van der Waals surface area contributed by atoms with Crippen LogP contribution in [0.15, 0.2) is 36.7 Å². The normalized spacial score (nSPS) is 10.9. The van der Waals surface area contributed by atoms with Crippen LogP contribution in [0.3, 0.4) is 0 Å². The van der Waals surface area contributed by atoms with E-state index in [4.69, 9.17) is 10.5 Å². The molecule has 0 unspecified atom stereocenters. The van der Waals surface area contributed by atoms with E-state index in [0.717, 1.165) is 22.5 Å². The number of nitrogens with zero attached hydrogens (tertiary/aromatic N) is 2. The molecule has 2 aromatic carbocycles. The Balaban J connectivity index is 2.22. The second-order valence-electron chi connectivity index (χ2n) is 4.96. The van der Waals surface area contributed by atoms with E-state index in [1.54, 1.807) is 7.11 Å². The third kappa shape index (κ3) is 1.90. The van der Waals surface area contributed by atoms with Crippen molar-refractivity contribution in [1.82, 2.24) is 9.55 Å². The Bertz CT molecular complexity index is 790. The molecule has 4 nitrogen and oxygen atoms in total. The van der Waals surface area contributed by atoms with E-state index >= 15 is 0 Å². The van der Waals surface area contributed by atoms with Gasteiger partial charge in [-0.2, -0.15) is 0 Å². The molecule has 0 aliphatic carbocycles. The van der Waals surface area contributed by atoms with Gasteiger partial charge in [-0.05, 0) is 49.2 Å². The lowest BCUT2D eigenvalue weighted by Crippen LogP contribution is -1.99. The van der Waals surface area contributed by atoms with Crippen molar-refractivity contribution in [1.29, 1.82) is 0 Å². The third-order valence-electron chi connectivity index (χ3n) is 3.66. The van der Waals surface area contributed by atoms with Gasteiger partial charge in [0, 0.05) is 6.07 Å². The van der Waals surface area contributed by atoms with Crippen LogP contribution in [-0.2, 0) is 0 Å². The number of hydrogen-bond donors (Lipinski definition) is 1. The van der Waals surface area contributed by atoms with Gasteiger partial charge in [0.05, 0.1) is 29.5 Å². The molecule has 2 N–H and O–H groups in total. The van der Waals surface area contributed by atoms with Crippen LogP contribution in [0.2, 0.25) is 0 Å². The summed E-state index contributed by atoms with van der Waals surface area (Å²) in [5.74, 6) is 0.752. The van der Waals surface area contributed by atoms with E-state index in [-0.39, 0.29) is 0 Å². The monoisotopic (exact) mass is 267 g/mol. The van der Waals surface area contributed by atoms with Crippen molar-refractivity contribution in [3.05, 3.63) is 47.8 Å². The molecule has 0 amide bonds. The lowest BCUT2D eigenvalue weighted by atomic mass is 10.1. The molecule has 1 aromatic heterocycles. The Labute approximate surface area is 117 Å². The van der Waals surface area contributed by atoms with Crippen molar-refractivity contribution in [2.24, 2.45) is 0 Å². The fourth-order valence-electron chi connectivity index (χ4n) is 2.34. The van der Waals surface area contributed by atoms with Gasteiger partial charge in [0.1, 0.15) is 12.1 Å². The lowest BCUT2D eigenvalue weighted by Gasteiger charge is -2.10. The molecule has 4 heteroatoms. The summed E-state index contributed by atoms with van der Waals surface area (Å²) in [4.78, 5) is 4.46. The smallest absolute Gasteiger partial charge is 0.121 e. The third-order valence-corrected chi connectivity index (χ3v) is 3.66. The first kappa shape index (κ1) is 12.5. The minimum atomic E-state index is 0.668. The van der Waals surface area contributed by atoms with E-state index in [1.807, 2.05) is 29.1 Å². The molecule has 0 fully saturated rings. The number of imidazole rings is 1. The number of aryl methyl sites for hydroxylation is 2. The van der Waals surface area contributed by atoms with Crippen molar-refractivity contribution >= 4 is 16.7 Å². The quantitative estimate of drug-likeness (QED) is 0.725. The van der Waals surface area contributed by atoms with E-state index in [1.165, 1.54) is 11.1 Å². The predicted octanol–water partition coefficient (Wildman–Crippen LogP) is 3.23. The van der Waals surface area contributed by atoms with Crippen molar-refractivity contribution < 1.29 is 4.74 Å². The molecule has 0 aliphatic rings. The number of methoxy groups -OCH3 is 1. The first-order chi connectivity index (χ1) is 9.60. The van der Waals surface area contributed by atoms with E-state index in [9.17, 15) is 0 Å². The second kappa shape index (κ2) is 4.56. The Morgan fingerprint density at radius 2 is 1.85 bits per heavy atom. The topological polar surface area (TPSA) is 53.1 Å². The molecule has 0 spiro atoms. The summed E-state index contributed by atoms with van der Waals surface area (Å²) >= 11 is 0. The Morgan fingerprint density at radius 1 is 1.10 bits per heavy atom. The number of aromatic nitrogens is 2. The molecule has 0 atom stereocenters. The van der Waals surface area contributed by atoms with Crippen molar-refractivity contribution in [2.75, 3.05) is 12.8 Å². The Morgan fingerprint density at radius 3 is 2.55 bits per heavy atom. The van der Waals surface area contributed by atoms with E-state index in [0.29, 0.717) is 5.69 Å². The maximum Gasteiger partial charge on any atom is 0.121 e. The van der Waals surface area contributed by atoms with Gasteiger partial charge in [0.25, 0.3) is 0 Å². The van der Waals surface area contributed by atoms with Crippen LogP contribution >= 0.6 is 0 Å². The molecule has 3 aromatic rings. The molecule has 20 heavy (non-hydrogen) atoms. The summed E-state index contributed by atoms with van der Waals surface area (Å²) in [5.41, 5.74) is 12.2. The first-order valence-electron chi connectivity index (χ1n) is 6.48. The highest BCUT2D eigenvalue weighted by molar-refractivity contribution is 5.81. The zero-order valence-corrected chi connectivity index (χ0v) is 11.8. The average molecular weight is 267 g/mol. The molecule has 0 saturated carbocycles. The minimum Gasteiger partial charge on any atom is -0.497 e. The molecule has 0 bridgehead atoms. The van der Waals surface area contributed by atoms with Gasteiger partial charge in [-0.15, -0.1) is 0 Å². The zero-order valence-electron chi connectivity index (χ0n) is 11.8. The van der Waals surface area contributed by atoms with Crippen LogP contribution < -0.4 is 10.5 Å². The Kier molecular flexibility index (Phi) is 2.86. The summed E-state index contributed by atoms with van der Waals surface area (Å²) in [6, 6.07) is 9.91. The van der Waals surface area contributed by atoms with Gasteiger partial charge in [-0.25, -0.2) is 4.98 Å². The summed E-state index contributed by atoms with van der Waals surface area (Å²) in [6.07, 6.45) is 1.81. The number of nitrogen functional groups attached to an aromatic ring is 1. The molecule has 0 radical (unpaired) electrons. The molecule has 1 heterocycles. The SMILES string of the molecule is COc1ccc(-n2cnc3cc(C)c(C)cc32)c(N)c1. The molecule has 3 rings (SSSR count). The van der Waals surface area contributed by atoms with Crippen molar-refractivity contribution in [2.45, 2.75) is 13.8 Å². The largest absolute Gasteiger partial charge is 0.497 e. The molecule has 102 valence electrons. The molecule has 0 saturated heterocycles. The first-order valence-corrected chi connectivity index (χ1v) is 6.48. The van der Waals surface area contributed by atoms with Crippen LogP contribution in [0, 0.1) is 13.8 Å². The number of rotatable bonds is 2.